The summed E-state index contributed by atoms with van der Waals surface area (Å²) in [6.45, 7) is 9.43. The summed E-state index contributed by atoms with van der Waals surface area (Å²) in [5, 5.41) is 18.6. The van der Waals surface area contributed by atoms with Gasteiger partial charge in [-0.15, -0.1) is 0 Å². The number of nitrogens with two attached hydrogens (primary N) is 3. The van der Waals surface area contributed by atoms with Gasteiger partial charge in [0.2, 0.25) is 0 Å². The van der Waals surface area contributed by atoms with Crippen LogP contribution in [0.25, 0.3) is 0 Å². The molecule has 1 aliphatic carbocycles. The standard InChI is InChI=1S/C28H32N4O2/c1-27(2)19-9-15(13-29)5-7-21(19)31-23(27)11-17-25(33)18(26(17)34)12-24-28(3,4)20-10-16(14-30)6-8-22(20)32-24/h5-12,23,31-33H,13-14,29-30H2,1-4H3. The summed E-state index contributed by atoms with van der Waals surface area (Å²) in [4.78, 5) is 13.1. The van der Waals surface area contributed by atoms with E-state index in [1.165, 1.54) is 5.56 Å². The van der Waals surface area contributed by atoms with Crippen LogP contribution >= 0.6 is 0 Å². The van der Waals surface area contributed by atoms with E-state index in [0.717, 1.165) is 33.8 Å². The lowest BCUT2D eigenvalue weighted by molar-refractivity contribution is -0.596. The van der Waals surface area contributed by atoms with E-state index in [1.807, 2.05) is 24.3 Å². The summed E-state index contributed by atoms with van der Waals surface area (Å²) in [6.07, 6.45) is 3.58. The van der Waals surface area contributed by atoms with Crippen LogP contribution < -0.4 is 27.2 Å². The first-order valence-corrected chi connectivity index (χ1v) is 11.8. The van der Waals surface area contributed by atoms with E-state index in [2.05, 4.69) is 56.5 Å². The fourth-order valence-corrected chi connectivity index (χ4v) is 5.32. The molecule has 176 valence electrons. The largest absolute Gasteiger partial charge is 0.871 e. The smallest absolute Gasteiger partial charge is 0.191 e. The minimum absolute atomic E-state index is 0.0346. The Morgan fingerprint density at radius 1 is 1.03 bits per heavy atom. The number of fused-ring (bicyclic) bond motifs is 2. The lowest BCUT2D eigenvalue weighted by Crippen LogP contribution is -2.84. The Morgan fingerprint density at radius 3 is 2.32 bits per heavy atom. The van der Waals surface area contributed by atoms with Crippen molar-refractivity contribution in [1.29, 1.82) is 0 Å². The highest BCUT2D eigenvalue weighted by atomic mass is 16.3. The number of quaternary nitrogens is 1. The van der Waals surface area contributed by atoms with Crippen LogP contribution in [0.2, 0.25) is 0 Å². The molecule has 34 heavy (non-hydrogen) atoms. The molecule has 0 amide bonds. The van der Waals surface area contributed by atoms with Gasteiger partial charge in [0.25, 0.3) is 0 Å². The topological polar surface area (TPSA) is 121 Å². The van der Waals surface area contributed by atoms with Crippen LogP contribution in [0.15, 0.2) is 71.2 Å². The number of Topliss-reactive ketones (excluding diaryl/α,β-unsaturated/α-hetero) is 1. The zero-order chi connectivity index (χ0) is 24.4. The normalized spacial score (nSPS) is 24.3. The maximum absolute atomic E-state index is 13.1. The molecule has 1 unspecified atom stereocenters. The number of nitrogens with one attached hydrogen (secondary N) is 1. The molecule has 0 radical (unpaired) electrons. The fourth-order valence-electron chi connectivity index (χ4n) is 5.32. The molecule has 0 aromatic heterocycles. The molecule has 2 heterocycles. The summed E-state index contributed by atoms with van der Waals surface area (Å²) in [5.74, 6) is -0.368. The number of allylic oxidation sites excluding steroid dienone is 4. The zero-order valence-electron chi connectivity index (χ0n) is 20.2. The highest BCUT2D eigenvalue weighted by molar-refractivity contribution is 6.20. The van der Waals surface area contributed by atoms with Gasteiger partial charge in [-0.05, 0) is 60.9 Å². The number of benzene rings is 2. The molecule has 7 N–H and O–H groups in total. The summed E-state index contributed by atoms with van der Waals surface area (Å²) >= 11 is 0. The Labute approximate surface area is 200 Å². The predicted octanol–water partition coefficient (Wildman–Crippen LogP) is 1.87. The van der Waals surface area contributed by atoms with E-state index in [1.54, 1.807) is 6.08 Å². The van der Waals surface area contributed by atoms with Crippen molar-refractivity contribution in [3.05, 3.63) is 93.4 Å². The van der Waals surface area contributed by atoms with Crippen LogP contribution in [0.1, 0.15) is 49.9 Å². The second kappa shape index (κ2) is 7.67. The van der Waals surface area contributed by atoms with Gasteiger partial charge in [0, 0.05) is 46.6 Å². The number of ketones is 1. The molecule has 3 aliphatic rings. The van der Waals surface area contributed by atoms with E-state index in [-0.39, 0.29) is 39.6 Å². The Bertz CT molecular complexity index is 1310. The van der Waals surface area contributed by atoms with Gasteiger partial charge in [-0.1, -0.05) is 37.8 Å². The second-order valence-electron chi connectivity index (χ2n) is 10.6. The van der Waals surface area contributed by atoms with Crippen molar-refractivity contribution < 1.29 is 15.2 Å². The summed E-state index contributed by atoms with van der Waals surface area (Å²) < 4.78 is 0. The van der Waals surface area contributed by atoms with Crippen LogP contribution in [-0.2, 0) is 28.7 Å². The number of carbonyl (C=O) groups is 1. The summed E-state index contributed by atoms with van der Waals surface area (Å²) in [5.41, 5.74) is 19.0. The number of rotatable bonds is 4. The highest BCUT2D eigenvalue weighted by Gasteiger charge is 2.44. The van der Waals surface area contributed by atoms with Gasteiger partial charge in [0.15, 0.2) is 5.78 Å². The van der Waals surface area contributed by atoms with Gasteiger partial charge >= 0.3 is 0 Å². The van der Waals surface area contributed by atoms with E-state index in [9.17, 15) is 9.90 Å². The molecule has 5 rings (SSSR count). The van der Waals surface area contributed by atoms with Crippen molar-refractivity contribution in [3.63, 3.8) is 0 Å². The number of anilines is 1. The molecule has 6 heteroatoms. The van der Waals surface area contributed by atoms with Gasteiger partial charge in [-0.3, -0.25) is 4.79 Å². The zero-order valence-corrected chi connectivity index (χ0v) is 20.2. The third kappa shape index (κ3) is 3.25. The van der Waals surface area contributed by atoms with E-state index >= 15 is 0 Å². The minimum Gasteiger partial charge on any atom is -0.871 e. The van der Waals surface area contributed by atoms with Crippen LogP contribution in [0.4, 0.5) is 11.4 Å². The highest BCUT2D eigenvalue weighted by Crippen LogP contribution is 2.45. The van der Waals surface area contributed by atoms with Gasteiger partial charge < -0.3 is 27.2 Å². The average Bonchev–Trinajstić information content (AvgIpc) is 3.23. The van der Waals surface area contributed by atoms with E-state index < -0.39 is 0 Å². The lowest BCUT2D eigenvalue weighted by Gasteiger charge is -2.32. The molecular weight excluding hydrogens is 424 g/mol. The SMILES string of the molecule is CC1(C)C(=CC2=C([O-])C(=CC3[NH2+]c4ccc(CN)cc4C3(C)C)C2=O)Nc2ccc(CN)cc21. The maximum atomic E-state index is 13.1. The minimum atomic E-state index is -0.350. The second-order valence-corrected chi connectivity index (χ2v) is 10.6. The molecule has 0 saturated carbocycles. The quantitative estimate of drug-likeness (QED) is 0.413. The Morgan fingerprint density at radius 2 is 1.68 bits per heavy atom. The summed E-state index contributed by atoms with van der Waals surface area (Å²) in [6, 6.07) is 12.3. The van der Waals surface area contributed by atoms with Crippen molar-refractivity contribution in [2.75, 3.05) is 5.32 Å². The van der Waals surface area contributed by atoms with Crippen molar-refractivity contribution in [2.45, 2.75) is 57.7 Å². The van der Waals surface area contributed by atoms with Crippen molar-refractivity contribution in [3.8, 4) is 0 Å². The Hall–Kier alpha value is -3.19. The molecular formula is C28H32N4O2. The average molecular weight is 457 g/mol. The van der Waals surface area contributed by atoms with Gasteiger partial charge in [0.05, 0.1) is 5.41 Å². The fraction of sp³-hybridized carbons (Fsp3) is 0.321. The molecule has 0 spiro atoms. The Balaban J connectivity index is 1.44. The molecule has 1 atom stereocenters. The van der Waals surface area contributed by atoms with Crippen LogP contribution in [0, 0.1) is 0 Å². The molecule has 6 nitrogen and oxygen atoms in total. The van der Waals surface area contributed by atoms with E-state index in [4.69, 9.17) is 11.5 Å². The first kappa shape index (κ1) is 22.6. The number of hydrogen-bond donors (Lipinski definition) is 4. The molecule has 2 aliphatic heterocycles. The third-order valence-corrected chi connectivity index (χ3v) is 7.79. The van der Waals surface area contributed by atoms with Gasteiger partial charge in [-0.2, -0.15) is 0 Å². The van der Waals surface area contributed by atoms with Crippen LogP contribution in [-0.4, -0.2) is 11.8 Å². The summed E-state index contributed by atoms with van der Waals surface area (Å²) in [7, 11) is 0. The molecule has 0 fully saturated rings. The monoisotopic (exact) mass is 456 g/mol. The first-order valence-electron chi connectivity index (χ1n) is 11.8. The molecule has 2 aromatic rings. The van der Waals surface area contributed by atoms with Crippen molar-refractivity contribution in [2.24, 2.45) is 11.5 Å². The molecule has 0 bridgehead atoms. The van der Waals surface area contributed by atoms with Gasteiger partial charge in [0.1, 0.15) is 11.7 Å². The molecule has 0 saturated heterocycles. The van der Waals surface area contributed by atoms with Crippen molar-refractivity contribution >= 4 is 17.2 Å². The Kier molecular flexibility index (Phi) is 5.09. The number of carbonyl (C=O) groups excluding carboxylic acids is 1. The van der Waals surface area contributed by atoms with Gasteiger partial charge in [-0.25, -0.2) is 0 Å². The predicted molar refractivity (Wildman–Crippen MR) is 132 cm³/mol. The maximum Gasteiger partial charge on any atom is 0.191 e. The first-order chi connectivity index (χ1) is 16.1. The lowest BCUT2D eigenvalue weighted by atomic mass is 9.76. The van der Waals surface area contributed by atoms with Crippen LogP contribution in [0.3, 0.4) is 0 Å². The third-order valence-electron chi connectivity index (χ3n) is 7.79. The van der Waals surface area contributed by atoms with Crippen LogP contribution in [0.5, 0.6) is 0 Å². The van der Waals surface area contributed by atoms with Crippen molar-refractivity contribution in [1.82, 2.24) is 0 Å². The van der Waals surface area contributed by atoms with E-state index in [0.29, 0.717) is 13.1 Å². The number of hydrogen-bond acceptors (Lipinski definition) is 5. The molecule has 2 aromatic carbocycles.